The molecule has 0 spiro atoms. The molecule has 0 aliphatic carbocycles. The highest BCUT2D eigenvalue weighted by Gasteiger charge is 2.58. The summed E-state index contributed by atoms with van der Waals surface area (Å²) in [5.41, 5.74) is 0.198. The van der Waals surface area contributed by atoms with Gasteiger partial charge in [0.2, 0.25) is 0 Å². The van der Waals surface area contributed by atoms with E-state index in [1.165, 1.54) is 0 Å². The Kier molecular flexibility index (Phi) is 5.92. The van der Waals surface area contributed by atoms with E-state index in [9.17, 15) is 9.90 Å². The van der Waals surface area contributed by atoms with Gasteiger partial charge in [-0.3, -0.25) is 0 Å². The summed E-state index contributed by atoms with van der Waals surface area (Å²) in [5, 5.41) is 10.1. The standard InChI is InChI=1S/C24H30O4/c1-17-20(16-25)21(19-13-9-6-10-14-19)27-24(17,22(26)28-23(2,3)4)15-18-11-7-5-8-12-18/h5-14,17,20-21,25H,15-16H2,1-4H3/t17-,20-,21-,24-/m0/s1. The third-order valence-corrected chi connectivity index (χ3v) is 5.50. The molecule has 2 aromatic carbocycles. The molecule has 3 rings (SSSR count). The summed E-state index contributed by atoms with van der Waals surface area (Å²) in [7, 11) is 0. The highest BCUT2D eigenvalue weighted by atomic mass is 16.6. The first-order chi connectivity index (χ1) is 13.3. The first-order valence-electron chi connectivity index (χ1n) is 9.88. The van der Waals surface area contributed by atoms with E-state index < -0.39 is 11.2 Å². The number of aliphatic hydroxyl groups excluding tert-OH is 1. The van der Waals surface area contributed by atoms with Crippen molar-refractivity contribution < 1.29 is 19.4 Å². The minimum absolute atomic E-state index is 0.0555. The van der Waals surface area contributed by atoms with Crippen LogP contribution in [-0.2, 0) is 20.7 Å². The number of carbonyl (C=O) groups is 1. The Morgan fingerprint density at radius 3 is 2.18 bits per heavy atom. The molecule has 1 fully saturated rings. The van der Waals surface area contributed by atoms with Crippen LogP contribution in [0.5, 0.6) is 0 Å². The maximum atomic E-state index is 13.4. The van der Waals surface area contributed by atoms with Gasteiger partial charge in [-0.15, -0.1) is 0 Å². The van der Waals surface area contributed by atoms with Gasteiger partial charge < -0.3 is 14.6 Å². The van der Waals surface area contributed by atoms with Crippen LogP contribution >= 0.6 is 0 Å². The van der Waals surface area contributed by atoms with Crippen molar-refractivity contribution in [3.63, 3.8) is 0 Å². The van der Waals surface area contributed by atoms with Crippen LogP contribution in [0.25, 0.3) is 0 Å². The topological polar surface area (TPSA) is 55.8 Å². The van der Waals surface area contributed by atoms with Gasteiger partial charge in [0.1, 0.15) is 5.60 Å². The second kappa shape index (κ2) is 8.06. The molecule has 1 heterocycles. The zero-order valence-corrected chi connectivity index (χ0v) is 17.1. The first-order valence-corrected chi connectivity index (χ1v) is 9.88. The van der Waals surface area contributed by atoms with E-state index in [4.69, 9.17) is 9.47 Å². The Morgan fingerprint density at radius 2 is 1.64 bits per heavy atom. The Hall–Kier alpha value is -2.17. The number of rotatable bonds is 5. The lowest BCUT2D eigenvalue weighted by Gasteiger charge is -2.34. The number of hydrogen-bond acceptors (Lipinski definition) is 4. The molecule has 1 aliphatic rings. The number of ether oxygens (including phenoxy) is 2. The third kappa shape index (κ3) is 4.13. The molecule has 4 heteroatoms. The molecule has 1 saturated heterocycles. The van der Waals surface area contributed by atoms with E-state index in [1.54, 1.807) is 0 Å². The number of aliphatic hydroxyl groups is 1. The number of benzene rings is 2. The second-order valence-corrected chi connectivity index (χ2v) is 8.64. The van der Waals surface area contributed by atoms with Crippen LogP contribution in [0.2, 0.25) is 0 Å². The minimum atomic E-state index is -1.15. The summed E-state index contributed by atoms with van der Waals surface area (Å²) in [4.78, 5) is 13.4. The van der Waals surface area contributed by atoms with Crippen molar-refractivity contribution in [1.29, 1.82) is 0 Å². The van der Waals surface area contributed by atoms with E-state index in [0.29, 0.717) is 6.42 Å². The molecule has 4 nitrogen and oxygen atoms in total. The molecule has 4 atom stereocenters. The van der Waals surface area contributed by atoms with E-state index >= 15 is 0 Å². The monoisotopic (exact) mass is 382 g/mol. The predicted molar refractivity (Wildman–Crippen MR) is 109 cm³/mol. The van der Waals surface area contributed by atoms with E-state index in [1.807, 2.05) is 88.4 Å². The number of carbonyl (C=O) groups excluding carboxylic acids is 1. The Balaban J connectivity index is 2.03. The van der Waals surface area contributed by atoms with Crippen molar-refractivity contribution in [1.82, 2.24) is 0 Å². The van der Waals surface area contributed by atoms with Gasteiger partial charge in [0.05, 0.1) is 6.10 Å². The summed E-state index contributed by atoms with van der Waals surface area (Å²) < 4.78 is 12.3. The summed E-state index contributed by atoms with van der Waals surface area (Å²) in [6, 6.07) is 19.6. The lowest BCUT2D eigenvalue weighted by atomic mass is 9.76. The number of esters is 1. The lowest BCUT2D eigenvalue weighted by Crippen LogP contribution is -2.49. The van der Waals surface area contributed by atoms with Gasteiger partial charge >= 0.3 is 5.97 Å². The van der Waals surface area contributed by atoms with Crippen molar-refractivity contribution in [2.45, 2.75) is 51.4 Å². The fraction of sp³-hybridized carbons (Fsp3) is 0.458. The zero-order valence-electron chi connectivity index (χ0n) is 17.1. The van der Waals surface area contributed by atoms with Gasteiger partial charge in [0.25, 0.3) is 0 Å². The molecule has 1 aliphatic heterocycles. The molecule has 0 unspecified atom stereocenters. The van der Waals surface area contributed by atoms with Crippen molar-refractivity contribution in [3.8, 4) is 0 Å². The normalized spacial score (nSPS) is 27.5. The maximum absolute atomic E-state index is 13.4. The molecular formula is C24H30O4. The van der Waals surface area contributed by atoms with Crippen molar-refractivity contribution >= 4 is 5.97 Å². The minimum Gasteiger partial charge on any atom is -0.458 e. The fourth-order valence-corrected chi connectivity index (χ4v) is 4.01. The first kappa shape index (κ1) is 20.6. The third-order valence-electron chi connectivity index (χ3n) is 5.50. The van der Waals surface area contributed by atoms with E-state index in [0.717, 1.165) is 11.1 Å². The fourth-order valence-electron chi connectivity index (χ4n) is 4.01. The second-order valence-electron chi connectivity index (χ2n) is 8.64. The van der Waals surface area contributed by atoms with Gasteiger partial charge in [-0.05, 0) is 31.9 Å². The average molecular weight is 383 g/mol. The van der Waals surface area contributed by atoms with Crippen molar-refractivity contribution in [2.24, 2.45) is 11.8 Å². The van der Waals surface area contributed by atoms with Crippen LogP contribution in [0, 0.1) is 11.8 Å². The van der Waals surface area contributed by atoms with Crippen LogP contribution < -0.4 is 0 Å². The predicted octanol–water partition coefficient (Wildman–Crippen LogP) is 4.33. The molecular weight excluding hydrogens is 352 g/mol. The summed E-state index contributed by atoms with van der Waals surface area (Å²) in [5.74, 6) is -0.773. The van der Waals surface area contributed by atoms with E-state index in [2.05, 4.69) is 0 Å². The summed E-state index contributed by atoms with van der Waals surface area (Å²) in [6.45, 7) is 7.51. The average Bonchev–Trinajstić information content (AvgIpc) is 2.95. The van der Waals surface area contributed by atoms with Crippen molar-refractivity contribution in [3.05, 3.63) is 71.8 Å². The smallest absolute Gasteiger partial charge is 0.339 e. The van der Waals surface area contributed by atoms with Gasteiger partial charge in [-0.25, -0.2) is 4.79 Å². The van der Waals surface area contributed by atoms with Crippen LogP contribution in [0.4, 0.5) is 0 Å². The Bertz CT molecular complexity index is 781. The molecule has 0 amide bonds. The molecule has 0 bridgehead atoms. The number of hydrogen-bond donors (Lipinski definition) is 1. The quantitative estimate of drug-likeness (QED) is 0.782. The molecule has 2 aromatic rings. The largest absolute Gasteiger partial charge is 0.458 e. The van der Waals surface area contributed by atoms with Gasteiger partial charge in [-0.2, -0.15) is 0 Å². The Labute approximate surface area is 167 Å². The van der Waals surface area contributed by atoms with E-state index in [-0.39, 0.29) is 30.5 Å². The summed E-state index contributed by atoms with van der Waals surface area (Å²) >= 11 is 0. The highest BCUT2D eigenvalue weighted by molar-refractivity contribution is 5.81. The Morgan fingerprint density at radius 1 is 1.07 bits per heavy atom. The van der Waals surface area contributed by atoms with Crippen LogP contribution in [0.3, 0.4) is 0 Å². The van der Waals surface area contributed by atoms with Crippen molar-refractivity contribution in [2.75, 3.05) is 6.61 Å². The van der Waals surface area contributed by atoms with Gasteiger partial charge in [0.15, 0.2) is 5.60 Å². The van der Waals surface area contributed by atoms with Crippen LogP contribution in [0.15, 0.2) is 60.7 Å². The molecule has 150 valence electrons. The summed E-state index contributed by atoms with van der Waals surface area (Å²) in [6.07, 6.45) is 0.0430. The highest BCUT2D eigenvalue weighted by Crippen LogP contribution is 2.50. The van der Waals surface area contributed by atoms with Crippen LogP contribution in [-0.4, -0.2) is 28.9 Å². The molecule has 0 radical (unpaired) electrons. The van der Waals surface area contributed by atoms with Gasteiger partial charge in [-0.1, -0.05) is 67.6 Å². The SMILES string of the molecule is C[C@H]1[C@H](CO)[C@H](c2ccccc2)O[C@]1(Cc1ccccc1)C(=O)OC(C)(C)C. The van der Waals surface area contributed by atoms with Gasteiger partial charge in [0, 0.05) is 24.9 Å². The molecule has 0 aromatic heterocycles. The molecule has 28 heavy (non-hydrogen) atoms. The molecule has 0 saturated carbocycles. The molecule has 1 N–H and O–H groups in total. The zero-order chi connectivity index (χ0) is 20.4. The maximum Gasteiger partial charge on any atom is 0.339 e. The van der Waals surface area contributed by atoms with Crippen LogP contribution in [0.1, 0.15) is 44.9 Å². The lowest BCUT2D eigenvalue weighted by molar-refractivity contribution is -0.186.